The Bertz CT molecular complexity index is 316. The number of hydrogen-bond donors (Lipinski definition) is 2. The van der Waals surface area contributed by atoms with Gasteiger partial charge in [0.25, 0.3) is 0 Å². The van der Waals surface area contributed by atoms with Crippen LogP contribution in [0.1, 0.15) is 58.8 Å². The molecule has 0 aromatic heterocycles. The van der Waals surface area contributed by atoms with Gasteiger partial charge < -0.3 is 15.3 Å². The maximum absolute atomic E-state index is 10.6. The third kappa shape index (κ3) is 4.37. The van der Waals surface area contributed by atoms with Crippen LogP contribution in [0.15, 0.2) is 4.99 Å². The van der Waals surface area contributed by atoms with Crippen molar-refractivity contribution in [2.24, 2.45) is 10.9 Å². The summed E-state index contributed by atoms with van der Waals surface area (Å²) in [6, 6.07) is 0. The third-order valence-corrected chi connectivity index (χ3v) is 4.73. The van der Waals surface area contributed by atoms with Crippen LogP contribution in [0.5, 0.6) is 0 Å². The molecule has 1 aliphatic heterocycles. The summed E-state index contributed by atoms with van der Waals surface area (Å²) in [6.07, 6.45) is 7.85. The second-order valence-corrected chi connectivity index (χ2v) is 6.62. The van der Waals surface area contributed by atoms with Gasteiger partial charge in [-0.1, -0.05) is 26.2 Å². The van der Waals surface area contributed by atoms with Crippen molar-refractivity contribution in [3.8, 4) is 0 Å². The van der Waals surface area contributed by atoms with Gasteiger partial charge in [0.2, 0.25) is 0 Å². The van der Waals surface area contributed by atoms with Gasteiger partial charge in [0.15, 0.2) is 5.96 Å². The van der Waals surface area contributed by atoms with E-state index in [2.05, 4.69) is 24.1 Å². The van der Waals surface area contributed by atoms with E-state index in [4.69, 9.17) is 4.99 Å². The summed E-state index contributed by atoms with van der Waals surface area (Å²) >= 11 is 0. The highest BCUT2D eigenvalue weighted by Gasteiger charge is 2.29. The molecule has 2 N–H and O–H groups in total. The summed E-state index contributed by atoms with van der Waals surface area (Å²) < 4.78 is 0. The number of rotatable bonds is 3. The van der Waals surface area contributed by atoms with Crippen LogP contribution >= 0.6 is 0 Å². The minimum Gasteiger partial charge on any atom is -0.388 e. The molecule has 0 aromatic rings. The Morgan fingerprint density at radius 1 is 1.25 bits per heavy atom. The Morgan fingerprint density at radius 2 is 1.90 bits per heavy atom. The first kappa shape index (κ1) is 15.6. The highest BCUT2D eigenvalue weighted by Crippen LogP contribution is 2.28. The Labute approximate surface area is 123 Å². The van der Waals surface area contributed by atoms with Crippen LogP contribution in [-0.4, -0.2) is 47.7 Å². The van der Waals surface area contributed by atoms with Crippen LogP contribution in [0.3, 0.4) is 0 Å². The SMILES string of the molecule is CCNC(=NCC1(O)CCCCC1)N1CCC(C)CC1. The summed E-state index contributed by atoms with van der Waals surface area (Å²) in [7, 11) is 0. The normalized spacial score (nSPS) is 24.8. The fraction of sp³-hybridized carbons (Fsp3) is 0.938. The van der Waals surface area contributed by atoms with Crippen LogP contribution in [0.4, 0.5) is 0 Å². The average molecular weight is 281 g/mol. The van der Waals surface area contributed by atoms with Crippen molar-refractivity contribution in [2.75, 3.05) is 26.2 Å². The maximum Gasteiger partial charge on any atom is 0.194 e. The van der Waals surface area contributed by atoms with Crippen molar-refractivity contribution in [3.63, 3.8) is 0 Å². The highest BCUT2D eigenvalue weighted by molar-refractivity contribution is 5.80. The predicted molar refractivity (Wildman–Crippen MR) is 84.0 cm³/mol. The number of piperidine rings is 1. The van der Waals surface area contributed by atoms with Gasteiger partial charge in [-0.15, -0.1) is 0 Å². The van der Waals surface area contributed by atoms with Gasteiger partial charge in [-0.05, 0) is 38.5 Å². The van der Waals surface area contributed by atoms with Crippen LogP contribution in [0.25, 0.3) is 0 Å². The van der Waals surface area contributed by atoms with E-state index in [1.165, 1.54) is 19.3 Å². The molecule has 4 heteroatoms. The minimum absolute atomic E-state index is 0.554. The zero-order valence-corrected chi connectivity index (χ0v) is 13.2. The Morgan fingerprint density at radius 3 is 2.50 bits per heavy atom. The first-order valence-corrected chi connectivity index (χ1v) is 8.38. The van der Waals surface area contributed by atoms with Crippen LogP contribution in [0.2, 0.25) is 0 Å². The summed E-state index contributed by atoms with van der Waals surface area (Å²) in [5.41, 5.74) is -0.554. The van der Waals surface area contributed by atoms with Crippen molar-refractivity contribution >= 4 is 5.96 Å². The van der Waals surface area contributed by atoms with E-state index in [1.807, 2.05) is 0 Å². The Kier molecular flexibility index (Phi) is 5.70. The zero-order valence-electron chi connectivity index (χ0n) is 13.2. The van der Waals surface area contributed by atoms with E-state index in [9.17, 15) is 5.11 Å². The molecule has 0 aromatic carbocycles. The molecule has 0 bridgehead atoms. The second kappa shape index (κ2) is 7.30. The van der Waals surface area contributed by atoms with E-state index in [-0.39, 0.29) is 0 Å². The van der Waals surface area contributed by atoms with E-state index >= 15 is 0 Å². The topological polar surface area (TPSA) is 47.9 Å². The quantitative estimate of drug-likeness (QED) is 0.617. The maximum atomic E-state index is 10.6. The molecule has 2 aliphatic rings. The summed E-state index contributed by atoms with van der Waals surface area (Å²) in [5.74, 6) is 1.83. The minimum atomic E-state index is -0.554. The standard InChI is InChI=1S/C16H31N3O/c1-3-17-15(19-11-7-14(2)8-12-19)18-13-16(20)9-5-4-6-10-16/h14,20H,3-13H2,1-2H3,(H,17,18). The van der Waals surface area contributed by atoms with E-state index < -0.39 is 5.60 Å². The largest absolute Gasteiger partial charge is 0.388 e. The van der Waals surface area contributed by atoms with E-state index in [0.717, 1.165) is 57.2 Å². The molecule has 0 unspecified atom stereocenters. The molecule has 0 spiro atoms. The monoisotopic (exact) mass is 281 g/mol. The number of aliphatic hydroxyl groups is 1. The van der Waals surface area contributed by atoms with E-state index in [1.54, 1.807) is 0 Å². The predicted octanol–water partition coefficient (Wildman–Crippen LogP) is 2.38. The number of hydrogen-bond acceptors (Lipinski definition) is 2. The summed E-state index contributed by atoms with van der Waals surface area (Å²) in [5, 5.41) is 14.0. The van der Waals surface area contributed by atoms with Crippen molar-refractivity contribution in [1.29, 1.82) is 0 Å². The molecule has 0 atom stereocenters. The number of nitrogens with one attached hydrogen (secondary N) is 1. The number of nitrogens with zero attached hydrogens (tertiary/aromatic N) is 2. The van der Waals surface area contributed by atoms with Crippen molar-refractivity contribution in [2.45, 2.75) is 64.4 Å². The first-order chi connectivity index (χ1) is 9.63. The van der Waals surface area contributed by atoms with Crippen LogP contribution in [-0.2, 0) is 0 Å². The van der Waals surface area contributed by atoms with Crippen molar-refractivity contribution in [3.05, 3.63) is 0 Å². The molecule has 1 heterocycles. The molecule has 116 valence electrons. The molecule has 0 amide bonds. The Hall–Kier alpha value is -0.770. The lowest BCUT2D eigenvalue weighted by Gasteiger charge is -2.34. The van der Waals surface area contributed by atoms with Gasteiger partial charge in [-0.2, -0.15) is 0 Å². The van der Waals surface area contributed by atoms with Gasteiger partial charge in [-0.25, -0.2) is 0 Å². The lowest BCUT2D eigenvalue weighted by molar-refractivity contribution is 0.0129. The first-order valence-electron chi connectivity index (χ1n) is 8.38. The fourth-order valence-corrected chi connectivity index (χ4v) is 3.24. The number of guanidine groups is 1. The summed E-state index contributed by atoms with van der Waals surface area (Å²) in [4.78, 5) is 7.10. The van der Waals surface area contributed by atoms with Gasteiger partial charge in [-0.3, -0.25) is 4.99 Å². The molecule has 1 saturated carbocycles. The fourth-order valence-electron chi connectivity index (χ4n) is 3.24. The molecular weight excluding hydrogens is 250 g/mol. The molecule has 4 nitrogen and oxygen atoms in total. The van der Waals surface area contributed by atoms with Crippen LogP contribution < -0.4 is 5.32 Å². The molecule has 2 rings (SSSR count). The van der Waals surface area contributed by atoms with E-state index in [0.29, 0.717) is 6.54 Å². The molecule has 20 heavy (non-hydrogen) atoms. The second-order valence-electron chi connectivity index (χ2n) is 6.62. The number of aliphatic imine (C=N–C) groups is 1. The van der Waals surface area contributed by atoms with Crippen LogP contribution in [0, 0.1) is 5.92 Å². The Balaban J connectivity index is 1.94. The molecule has 0 radical (unpaired) electrons. The van der Waals surface area contributed by atoms with Crippen molar-refractivity contribution < 1.29 is 5.11 Å². The molecule has 1 aliphatic carbocycles. The summed E-state index contributed by atoms with van der Waals surface area (Å²) in [6.45, 7) is 8.06. The smallest absolute Gasteiger partial charge is 0.194 e. The third-order valence-electron chi connectivity index (χ3n) is 4.73. The van der Waals surface area contributed by atoms with Gasteiger partial charge in [0.05, 0.1) is 12.1 Å². The molecule has 2 fully saturated rings. The van der Waals surface area contributed by atoms with Gasteiger partial charge in [0.1, 0.15) is 0 Å². The lowest BCUT2D eigenvalue weighted by atomic mass is 9.85. The lowest BCUT2D eigenvalue weighted by Crippen LogP contribution is -2.46. The highest BCUT2D eigenvalue weighted by atomic mass is 16.3. The van der Waals surface area contributed by atoms with Crippen molar-refractivity contribution in [1.82, 2.24) is 10.2 Å². The molecular formula is C16H31N3O. The average Bonchev–Trinajstić information content (AvgIpc) is 2.45. The number of likely N-dealkylation sites (tertiary alicyclic amines) is 1. The van der Waals surface area contributed by atoms with Gasteiger partial charge in [0, 0.05) is 19.6 Å². The zero-order chi connectivity index (χ0) is 14.4. The molecule has 1 saturated heterocycles. The van der Waals surface area contributed by atoms with Gasteiger partial charge >= 0.3 is 0 Å².